The average Bonchev–Trinajstić information content (AvgIpc) is 2.61. The standard InChI is InChI=1S/C16H18ClN3O.C2H6/c1-12-10-16(18-11-15(12)17)19-13-2-4-14(5-3-13)20-6-8-21-9-7-20;1-2/h2-5,10-11H,6-9H2,1H3,(H,18,19);1-2H3. The fraction of sp³-hybridized carbons (Fsp3) is 0.389. The summed E-state index contributed by atoms with van der Waals surface area (Å²) in [5.74, 6) is 0.802. The minimum absolute atomic E-state index is 0.684. The van der Waals surface area contributed by atoms with Crippen molar-refractivity contribution >= 4 is 28.8 Å². The van der Waals surface area contributed by atoms with E-state index in [4.69, 9.17) is 16.3 Å². The Morgan fingerprint density at radius 2 is 1.78 bits per heavy atom. The largest absolute Gasteiger partial charge is 0.378 e. The van der Waals surface area contributed by atoms with Gasteiger partial charge in [0.1, 0.15) is 5.82 Å². The topological polar surface area (TPSA) is 37.4 Å². The summed E-state index contributed by atoms with van der Waals surface area (Å²) in [6.07, 6.45) is 1.67. The summed E-state index contributed by atoms with van der Waals surface area (Å²) in [6.45, 7) is 9.47. The molecular formula is C18H24ClN3O. The van der Waals surface area contributed by atoms with Crippen LogP contribution in [0.5, 0.6) is 0 Å². The molecule has 0 radical (unpaired) electrons. The second-order valence-corrected chi connectivity index (χ2v) is 5.50. The molecule has 23 heavy (non-hydrogen) atoms. The van der Waals surface area contributed by atoms with Crippen LogP contribution in [-0.2, 0) is 4.74 Å². The maximum Gasteiger partial charge on any atom is 0.130 e. The highest BCUT2D eigenvalue weighted by molar-refractivity contribution is 6.31. The Morgan fingerprint density at radius 1 is 1.13 bits per heavy atom. The SMILES string of the molecule is CC.Cc1cc(Nc2ccc(N3CCOCC3)cc2)ncc1Cl. The Balaban J connectivity index is 0.000000924. The van der Waals surface area contributed by atoms with Gasteiger partial charge in [0.05, 0.1) is 18.2 Å². The zero-order valence-corrected chi connectivity index (χ0v) is 14.7. The predicted molar refractivity (Wildman–Crippen MR) is 98.1 cm³/mol. The number of hydrogen-bond acceptors (Lipinski definition) is 4. The van der Waals surface area contributed by atoms with Crippen LogP contribution in [0.1, 0.15) is 19.4 Å². The summed E-state index contributed by atoms with van der Waals surface area (Å²) in [7, 11) is 0. The van der Waals surface area contributed by atoms with Crippen LogP contribution in [0, 0.1) is 6.92 Å². The third-order valence-corrected chi connectivity index (χ3v) is 3.96. The van der Waals surface area contributed by atoms with Gasteiger partial charge in [0.25, 0.3) is 0 Å². The zero-order chi connectivity index (χ0) is 16.7. The summed E-state index contributed by atoms with van der Waals surface area (Å²) in [5, 5.41) is 3.97. The lowest BCUT2D eigenvalue weighted by molar-refractivity contribution is 0.122. The molecule has 0 bridgehead atoms. The first-order valence-electron chi connectivity index (χ1n) is 8.04. The van der Waals surface area contributed by atoms with E-state index in [9.17, 15) is 0 Å². The molecule has 4 nitrogen and oxygen atoms in total. The lowest BCUT2D eigenvalue weighted by atomic mass is 10.2. The average molecular weight is 334 g/mol. The molecule has 1 saturated heterocycles. The number of aromatic nitrogens is 1. The highest BCUT2D eigenvalue weighted by Gasteiger charge is 2.10. The van der Waals surface area contributed by atoms with E-state index < -0.39 is 0 Å². The second kappa shape index (κ2) is 8.75. The quantitative estimate of drug-likeness (QED) is 0.887. The number of aryl methyl sites for hydroxylation is 1. The van der Waals surface area contributed by atoms with E-state index in [0.717, 1.165) is 43.4 Å². The van der Waals surface area contributed by atoms with Crippen molar-refractivity contribution in [2.24, 2.45) is 0 Å². The lowest BCUT2D eigenvalue weighted by Crippen LogP contribution is -2.36. The maximum absolute atomic E-state index is 5.98. The zero-order valence-electron chi connectivity index (χ0n) is 14.0. The van der Waals surface area contributed by atoms with E-state index in [1.165, 1.54) is 5.69 Å². The molecule has 0 spiro atoms. The molecule has 5 heteroatoms. The smallest absolute Gasteiger partial charge is 0.130 e. The van der Waals surface area contributed by atoms with Crippen molar-refractivity contribution in [2.45, 2.75) is 20.8 Å². The Hall–Kier alpha value is -1.78. The van der Waals surface area contributed by atoms with Crippen LogP contribution >= 0.6 is 11.6 Å². The van der Waals surface area contributed by atoms with Gasteiger partial charge in [0.2, 0.25) is 0 Å². The van der Waals surface area contributed by atoms with Crippen LogP contribution in [0.3, 0.4) is 0 Å². The molecule has 2 heterocycles. The lowest BCUT2D eigenvalue weighted by Gasteiger charge is -2.28. The molecule has 3 rings (SSSR count). The Kier molecular flexibility index (Phi) is 6.68. The van der Waals surface area contributed by atoms with Gasteiger partial charge in [-0.2, -0.15) is 0 Å². The number of anilines is 3. The number of ether oxygens (including phenoxy) is 1. The molecule has 124 valence electrons. The number of nitrogens with one attached hydrogen (secondary N) is 1. The fourth-order valence-electron chi connectivity index (χ4n) is 2.33. The molecule has 0 saturated carbocycles. The van der Waals surface area contributed by atoms with Crippen LogP contribution in [0.25, 0.3) is 0 Å². The van der Waals surface area contributed by atoms with Crippen LogP contribution < -0.4 is 10.2 Å². The number of nitrogens with zero attached hydrogens (tertiary/aromatic N) is 2. The van der Waals surface area contributed by atoms with Crippen LogP contribution in [0.15, 0.2) is 36.5 Å². The summed E-state index contributed by atoms with van der Waals surface area (Å²) >= 11 is 5.98. The first-order valence-corrected chi connectivity index (χ1v) is 8.42. The van der Waals surface area contributed by atoms with E-state index in [-0.39, 0.29) is 0 Å². The molecule has 0 aliphatic carbocycles. The molecular weight excluding hydrogens is 310 g/mol. The number of morpholine rings is 1. The van der Waals surface area contributed by atoms with Crippen molar-refractivity contribution in [3.63, 3.8) is 0 Å². The second-order valence-electron chi connectivity index (χ2n) is 5.09. The normalized spacial score (nSPS) is 14.0. The van der Waals surface area contributed by atoms with Crippen molar-refractivity contribution in [1.82, 2.24) is 4.98 Å². The van der Waals surface area contributed by atoms with Gasteiger partial charge in [0, 0.05) is 30.7 Å². The number of rotatable bonds is 3. The highest BCUT2D eigenvalue weighted by atomic mass is 35.5. The fourth-order valence-corrected chi connectivity index (χ4v) is 2.44. The van der Waals surface area contributed by atoms with Crippen LogP contribution in [0.4, 0.5) is 17.2 Å². The van der Waals surface area contributed by atoms with Crippen molar-refractivity contribution in [1.29, 1.82) is 0 Å². The van der Waals surface area contributed by atoms with Crippen molar-refractivity contribution in [2.75, 3.05) is 36.5 Å². The minimum Gasteiger partial charge on any atom is -0.378 e. The van der Waals surface area contributed by atoms with Gasteiger partial charge in [0.15, 0.2) is 0 Å². The van der Waals surface area contributed by atoms with Crippen molar-refractivity contribution < 1.29 is 4.74 Å². The molecule has 1 N–H and O–H groups in total. The van der Waals surface area contributed by atoms with Gasteiger partial charge in [-0.15, -0.1) is 0 Å². The van der Waals surface area contributed by atoms with Gasteiger partial charge in [-0.25, -0.2) is 4.98 Å². The van der Waals surface area contributed by atoms with Crippen LogP contribution in [-0.4, -0.2) is 31.3 Å². The minimum atomic E-state index is 0.684. The Labute approximate surface area is 143 Å². The maximum atomic E-state index is 5.98. The van der Waals surface area contributed by atoms with Gasteiger partial charge < -0.3 is 15.0 Å². The Bertz CT molecular complexity index is 610. The first kappa shape index (κ1) is 17.6. The van der Waals surface area contributed by atoms with E-state index in [1.807, 2.05) is 26.8 Å². The monoisotopic (exact) mass is 333 g/mol. The summed E-state index contributed by atoms with van der Waals surface area (Å²) in [5.41, 5.74) is 3.25. The summed E-state index contributed by atoms with van der Waals surface area (Å²) in [6, 6.07) is 10.3. The number of halogens is 1. The van der Waals surface area contributed by atoms with E-state index >= 15 is 0 Å². The highest BCUT2D eigenvalue weighted by Crippen LogP contribution is 2.23. The van der Waals surface area contributed by atoms with Crippen molar-refractivity contribution in [3.8, 4) is 0 Å². The van der Waals surface area contributed by atoms with Gasteiger partial charge >= 0.3 is 0 Å². The van der Waals surface area contributed by atoms with Gasteiger partial charge in [-0.1, -0.05) is 25.4 Å². The number of hydrogen-bond donors (Lipinski definition) is 1. The van der Waals surface area contributed by atoms with E-state index in [2.05, 4.69) is 39.5 Å². The molecule has 0 unspecified atom stereocenters. The van der Waals surface area contributed by atoms with Gasteiger partial charge in [-0.05, 0) is 42.8 Å². The third kappa shape index (κ3) is 4.85. The molecule has 1 aromatic carbocycles. The molecule has 0 atom stereocenters. The summed E-state index contributed by atoms with van der Waals surface area (Å²) in [4.78, 5) is 6.61. The third-order valence-electron chi connectivity index (χ3n) is 3.56. The Morgan fingerprint density at radius 3 is 2.39 bits per heavy atom. The summed E-state index contributed by atoms with van der Waals surface area (Å²) < 4.78 is 5.37. The molecule has 1 fully saturated rings. The van der Waals surface area contributed by atoms with Crippen molar-refractivity contribution in [3.05, 3.63) is 47.1 Å². The number of pyridine rings is 1. The van der Waals surface area contributed by atoms with E-state index in [0.29, 0.717) is 5.02 Å². The molecule has 1 aliphatic rings. The van der Waals surface area contributed by atoms with E-state index in [1.54, 1.807) is 6.20 Å². The molecule has 2 aromatic rings. The molecule has 1 aliphatic heterocycles. The molecule has 0 amide bonds. The predicted octanol–water partition coefficient (Wildman–Crippen LogP) is 4.65. The first-order chi connectivity index (χ1) is 11.2. The van der Waals surface area contributed by atoms with Crippen LogP contribution in [0.2, 0.25) is 5.02 Å². The molecule has 1 aromatic heterocycles. The number of benzene rings is 1. The van der Waals surface area contributed by atoms with Gasteiger partial charge in [-0.3, -0.25) is 0 Å².